The van der Waals surface area contributed by atoms with E-state index in [0.717, 1.165) is 24.0 Å². The summed E-state index contributed by atoms with van der Waals surface area (Å²) in [4.78, 5) is 12.5. The molecule has 0 bridgehead atoms. The lowest BCUT2D eigenvalue weighted by atomic mass is 10.1. The maximum absolute atomic E-state index is 12.5. The number of carbonyl (C=O) groups excluding carboxylic acids is 1. The summed E-state index contributed by atoms with van der Waals surface area (Å²) in [6.07, 6.45) is 5.11. The second kappa shape index (κ2) is 7.33. The molecule has 4 nitrogen and oxygen atoms in total. The predicted molar refractivity (Wildman–Crippen MR) is 99.0 cm³/mol. The first-order valence-corrected chi connectivity index (χ1v) is 9.81. The third-order valence-electron chi connectivity index (χ3n) is 4.44. The molecule has 0 atom stereocenters. The fraction of sp³-hybridized carbons (Fsp3) is 0.250. The van der Waals surface area contributed by atoms with Crippen LogP contribution in [-0.2, 0) is 10.0 Å². The van der Waals surface area contributed by atoms with E-state index in [9.17, 15) is 13.2 Å². The first kappa shape index (κ1) is 17.6. The van der Waals surface area contributed by atoms with Crippen molar-refractivity contribution >= 4 is 21.9 Å². The van der Waals surface area contributed by atoms with Gasteiger partial charge in [-0.2, -0.15) is 4.31 Å². The summed E-state index contributed by atoms with van der Waals surface area (Å²) in [5.74, 6) is -0.145. The van der Waals surface area contributed by atoms with E-state index in [0.29, 0.717) is 18.7 Å². The number of rotatable bonds is 5. The summed E-state index contributed by atoms with van der Waals surface area (Å²) in [5.41, 5.74) is 2.56. The van der Waals surface area contributed by atoms with Crippen LogP contribution in [0.3, 0.4) is 0 Å². The van der Waals surface area contributed by atoms with Crippen LogP contribution in [0, 0.1) is 6.92 Å². The lowest BCUT2D eigenvalue weighted by Crippen LogP contribution is -2.27. The minimum Gasteiger partial charge on any atom is -0.289 e. The molecule has 1 fully saturated rings. The molecule has 1 aliphatic heterocycles. The molecule has 1 saturated heterocycles. The van der Waals surface area contributed by atoms with Crippen molar-refractivity contribution in [1.29, 1.82) is 0 Å². The predicted octanol–water partition coefficient (Wildman–Crippen LogP) is 3.68. The van der Waals surface area contributed by atoms with E-state index in [1.807, 2.05) is 31.2 Å². The lowest BCUT2D eigenvalue weighted by Gasteiger charge is -2.15. The molecule has 25 heavy (non-hydrogen) atoms. The van der Waals surface area contributed by atoms with Gasteiger partial charge >= 0.3 is 0 Å². The van der Waals surface area contributed by atoms with Crippen LogP contribution in [0.15, 0.2) is 59.5 Å². The Bertz CT molecular complexity index is 893. The van der Waals surface area contributed by atoms with Crippen molar-refractivity contribution in [2.75, 3.05) is 13.1 Å². The largest absolute Gasteiger partial charge is 0.289 e. The van der Waals surface area contributed by atoms with Crippen LogP contribution in [0.25, 0.3) is 6.08 Å². The number of allylic oxidation sites excluding steroid dienone is 1. The maximum Gasteiger partial charge on any atom is 0.243 e. The number of ketones is 1. The average Bonchev–Trinajstić information content (AvgIpc) is 3.16. The highest BCUT2D eigenvalue weighted by Crippen LogP contribution is 2.21. The van der Waals surface area contributed by atoms with Gasteiger partial charge in [-0.3, -0.25) is 4.79 Å². The van der Waals surface area contributed by atoms with Gasteiger partial charge in [0.1, 0.15) is 0 Å². The molecule has 0 radical (unpaired) electrons. The molecule has 1 heterocycles. The van der Waals surface area contributed by atoms with Crippen LogP contribution >= 0.6 is 0 Å². The van der Waals surface area contributed by atoms with E-state index >= 15 is 0 Å². The first-order chi connectivity index (χ1) is 12.0. The molecule has 0 aliphatic carbocycles. The fourth-order valence-electron chi connectivity index (χ4n) is 2.90. The summed E-state index contributed by atoms with van der Waals surface area (Å²) < 4.78 is 26.5. The molecule has 2 aromatic rings. The molecular weight excluding hydrogens is 334 g/mol. The maximum atomic E-state index is 12.5. The number of sulfonamides is 1. The van der Waals surface area contributed by atoms with Crippen molar-refractivity contribution in [3.8, 4) is 0 Å². The topological polar surface area (TPSA) is 54.5 Å². The normalized spacial score (nSPS) is 15.7. The standard InChI is InChI=1S/C20H21NO3S/c1-16-6-2-3-7-17(16)10-13-20(22)18-8-11-19(12-9-18)25(23,24)21-14-4-5-15-21/h2-3,6-13H,4-5,14-15H2,1H3. The Morgan fingerprint density at radius 2 is 1.64 bits per heavy atom. The molecule has 2 aromatic carbocycles. The minimum absolute atomic E-state index is 0.145. The summed E-state index contributed by atoms with van der Waals surface area (Å²) in [7, 11) is -3.44. The summed E-state index contributed by atoms with van der Waals surface area (Å²) >= 11 is 0. The van der Waals surface area contributed by atoms with E-state index in [1.165, 1.54) is 22.5 Å². The van der Waals surface area contributed by atoms with Gasteiger partial charge in [-0.05, 0) is 61.2 Å². The van der Waals surface area contributed by atoms with Gasteiger partial charge in [0.15, 0.2) is 5.78 Å². The van der Waals surface area contributed by atoms with Crippen LogP contribution in [0.5, 0.6) is 0 Å². The van der Waals surface area contributed by atoms with Crippen molar-refractivity contribution < 1.29 is 13.2 Å². The molecular formula is C20H21NO3S. The molecule has 130 valence electrons. The minimum atomic E-state index is -3.44. The Labute approximate surface area is 148 Å². The van der Waals surface area contributed by atoms with Crippen molar-refractivity contribution in [3.63, 3.8) is 0 Å². The van der Waals surface area contributed by atoms with E-state index in [1.54, 1.807) is 18.2 Å². The van der Waals surface area contributed by atoms with Gasteiger partial charge in [-0.1, -0.05) is 30.3 Å². The average molecular weight is 355 g/mol. The van der Waals surface area contributed by atoms with Crippen LogP contribution in [0.4, 0.5) is 0 Å². The number of nitrogens with zero attached hydrogens (tertiary/aromatic N) is 1. The smallest absolute Gasteiger partial charge is 0.243 e. The second-order valence-corrected chi connectivity index (χ2v) is 8.13. The first-order valence-electron chi connectivity index (χ1n) is 8.37. The number of aryl methyl sites for hydroxylation is 1. The van der Waals surface area contributed by atoms with Gasteiger partial charge in [-0.25, -0.2) is 8.42 Å². The monoisotopic (exact) mass is 355 g/mol. The fourth-order valence-corrected chi connectivity index (χ4v) is 4.42. The number of hydrogen-bond donors (Lipinski definition) is 0. The Balaban J connectivity index is 1.76. The Morgan fingerprint density at radius 3 is 2.28 bits per heavy atom. The molecule has 1 aliphatic rings. The second-order valence-electron chi connectivity index (χ2n) is 6.19. The number of benzene rings is 2. The highest BCUT2D eigenvalue weighted by molar-refractivity contribution is 7.89. The van der Waals surface area contributed by atoms with Crippen LogP contribution in [0.2, 0.25) is 0 Å². The number of hydrogen-bond acceptors (Lipinski definition) is 3. The Morgan fingerprint density at radius 1 is 1.00 bits per heavy atom. The molecule has 0 N–H and O–H groups in total. The van der Waals surface area contributed by atoms with Crippen molar-refractivity contribution in [2.45, 2.75) is 24.7 Å². The zero-order chi connectivity index (χ0) is 17.9. The Hall–Kier alpha value is -2.24. The molecule has 3 rings (SSSR count). The molecule has 0 spiro atoms. The summed E-state index contributed by atoms with van der Waals surface area (Å²) in [6.45, 7) is 3.13. The summed E-state index contributed by atoms with van der Waals surface area (Å²) in [6, 6.07) is 14.0. The van der Waals surface area contributed by atoms with Gasteiger partial charge in [0, 0.05) is 18.7 Å². The SMILES string of the molecule is Cc1ccccc1C=CC(=O)c1ccc(S(=O)(=O)N2CCCC2)cc1. The third kappa shape index (κ3) is 3.89. The van der Waals surface area contributed by atoms with E-state index in [4.69, 9.17) is 0 Å². The van der Waals surface area contributed by atoms with E-state index in [-0.39, 0.29) is 10.7 Å². The van der Waals surface area contributed by atoms with Gasteiger partial charge in [-0.15, -0.1) is 0 Å². The highest BCUT2D eigenvalue weighted by Gasteiger charge is 2.26. The van der Waals surface area contributed by atoms with Gasteiger partial charge < -0.3 is 0 Å². The van der Waals surface area contributed by atoms with Gasteiger partial charge in [0.2, 0.25) is 10.0 Å². The van der Waals surface area contributed by atoms with Gasteiger partial charge in [0.25, 0.3) is 0 Å². The molecule has 5 heteroatoms. The van der Waals surface area contributed by atoms with Crippen LogP contribution in [0.1, 0.15) is 34.3 Å². The zero-order valence-corrected chi connectivity index (χ0v) is 15.0. The molecule has 0 saturated carbocycles. The van der Waals surface area contributed by atoms with E-state index in [2.05, 4.69) is 0 Å². The number of carbonyl (C=O) groups is 1. The van der Waals surface area contributed by atoms with Crippen LogP contribution in [-0.4, -0.2) is 31.6 Å². The summed E-state index contributed by atoms with van der Waals surface area (Å²) in [5, 5.41) is 0. The molecule has 0 amide bonds. The van der Waals surface area contributed by atoms with E-state index < -0.39 is 10.0 Å². The highest BCUT2D eigenvalue weighted by atomic mass is 32.2. The van der Waals surface area contributed by atoms with Crippen LogP contribution < -0.4 is 0 Å². The van der Waals surface area contributed by atoms with Gasteiger partial charge in [0.05, 0.1) is 4.90 Å². The van der Waals surface area contributed by atoms with Crippen molar-refractivity contribution in [1.82, 2.24) is 4.31 Å². The lowest BCUT2D eigenvalue weighted by molar-refractivity contribution is 0.104. The molecule has 0 unspecified atom stereocenters. The molecule has 0 aromatic heterocycles. The Kier molecular flexibility index (Phi) is 5.16. The van der Waals surface area contributed by atoms with Crippen molar-refractivity contribution in [3.05, 3.63) is 71.3 Å². The zero-order valence-electron chi connectivity index (χ0n) is 14.2. The quantitative estimate of drug-likeness (QED) is 0.607. The third-order valence-corrected chi connectivity index (χ3v) is 6.36. The van der Waals surface area contributed by atoms with Crippen molar-refractivity contribution in [2.24, 2.45) is 0 Å².